The van der Waals surface area contributed by atoms with Gasteiger partial charge >= 0.3 is 0 Å². The molecule has 12 rings (SSSR count). The normalized spacial score (nSPS) is 11.1. The first-order chi connectivity index (χ1) is 34.7. The van der Waals surface area contributed by atoms with Gasteiger partial charge in [-0.1, -0.05) is 231 Å². The molecule has 0 atom stereocenters. The summed E-state index contributed by atoms with van der Waals surface area (Å²) in [5.74, 6) is 0.646. The maximum Gasteiger partial charge on any atom is 0.160 e. The van der Waals surface area contributed by atoms with Gasteiger partial charge in [-0.25, -0.2) is 19.9 Å². The smallest absolute Gasteiger partial charge is 0.160 e. The van der Waals surface area contributed by atoms with Crippen molar-refractivity contribution in [3.05, 3.63) is 267 Å². The third kappa shape index (κ3) is 8.58. The number of aromatic nitrogens is 4. The molecule has 0 unspecified atom stereocenters. The van der Waals surface area contributed by atoms with Crippen LogP contribution in [0.15, 0.2) is 267 Å². The van der Waals surface area contributed by atoms with E-state index in [-0.39, 0.29) is 0 Å². The van der Waals surface area contributed by atoms with Crippen LogP contribution in [0.25, 0.3) is 123 Å². The van der Waals surface area contributed by atoms with Crippen LogP contribution in [0.4, 0.5) is 0 Å². The quantitative estimate of drug-likeness (QED) is 0.137. The zero-order chi connectivity index (χ0) is 46.6. The predicted octanol–water partition coefficient (Wildman–Crippen LogP) is 17.1. The molecule has 70 heavy (non-hydrogen) atoms. The summed E-state index contributed by atoms with van der Waals surface area (Å²) in [6.45, 7) is 0. The van der Waals surface area contributed by atoms with Crippen LogP contribution in [-0.2, 0) is 0 Å². The lowest BCUT2D eigenvalue weighted by molar-refractivity contribution is 1.23. The highest BCUT2D eigenvalue weighted by Gasteiger charge is 2.19. The largest absolute Gasteiger partial charge is 0.248 e. The van der Waals surface area contributed by atoms with Gasteiger partial charge in [-0.3, -0.25) is 0 Å². The summed E-state index contributed by atoms with van der Waals surface area (Å²) in [7, 11) is 0. The predicted molar refractivity (Wildman–Crippen MR) is 289 cm³/mol. The van der Waals surface area contributed by atoms with Gasteiger partial charge in [0, 0.05) is 44.3 Å². The zero-order valence-corrected chi connectivity index (χ0v) is 38.2. The first-order valence-corrected chi connectivity index (χ1v) is 23.6. The van der Waals surface area contributed by atoms with Gasteiger partial charge in [0.2, 0.25) is 0 Å². The van der Waals surface area contributed by atoms with Crippen LogP contribution >= 0.6 is 0 Å². The van der Waals surface area contributed by atoms with Crippen molar-refractivity contribution in [1.82, 2.24) is 19.9 Å². The average molecular weight is 893 g/mol. The van der Waals surface area contributed by atoms with Crippen molar-refractivity contribution in [2.75, 3.05) is 0 Å². The van der Waals surface area contributed by atoms with E-state index in [9.17, 15) is 0 Å². The number of hydrogen-bond donors (Lipinski definition) is 0. The average Bonchev–Trinajstić information content (AvgIpc) is 3.46. The Kier molecular flexibility index (Phi) is 11.2. The van der Waals surface area contributed by atoms with Crippen LogP contribution in [0.2, 0.25) is 0 Å². The van der Waals surface area contributed by atoms with Gasteiger partial charge in [-0.05, 0) is 75.3 Å². The van der Waals surface area contributed by atoms with Crippen molar-refractivity contribution in [3.63, 3.8) is 0 Å². The van der Waals surface area contributed by atoms with E-state index in [0.29, 0.717) is 5.82 Å². The molecule has 0 saturated heterocycles. The maximum atomic E-state index is 5.49. The molecule has 0 amide bonds. The number of benzene rings is 9. The fourth-order valence-electron chi connectivity index (χ4n) is 9.27. The van der Waals surface area contributed by atoms with E-state index in [1.807, 2.05) is 24.3 Å². The summed E-state index contributed by atoms with van der Waals surface area (Å²) in [4.78, 5) is 21.3. The van der Waals surface area contributed by atoms with Gasteiger partial charge in [0.1, 0.15) is 0 Å². The number of fused-ring (bicyclic) bond motifs is 1. The Morgan fingerprint density at radius 1 is 0.200 bits per heavy atom. The number of hydrogen-bond acceptors (Lipinski definition) is 4. The molecule has 4 heteroatoms. The fourth-order valence-corrected chi connectivity index (χ4v) is 9.27. The maximum absolute atomic E-state index is 5.49. The molecule has 0 aliphatic carbocycles. The molecule has 328 valence electrons. The Morgan fingerprint density at radius 3 is 0.943 bits per heavy atom. The topological polar surface area (TPSA) is 51.6 Å². The second kappa shape index (κ2) is 18.7. The summed E-state index contributed by atoms with van der Waals surface area (Å²) in [5.41, 5.74) is 20.4. The molecular formula is C66H44N4. The van der Waals surface area contributed by atoms with Gasteiger partial charge in [-0.15, -0.1) is 0 Å². The molecule has 0 aliphatic rings. The summed E-state index contributed by atoms with van der Waals surface area (Å²) in [5, 5.41) is 0.977. The lowest BCUT2D eigenvalue weighted by Crippen LogP contribution is -1.98. The van der Waals surface area contributed by atoms with E-state index >= 15 is 0 Å². The fraction of sp³-hybridized carbons (Fsp3) is 0. The molecule has 0 saturated carbocycles. The minimum absolute atomic E-state index is 0.646. The molecule has 0 radical (unpaired) electrons. The third-order valence-corrected chi connectivity index (χ3v) is 12.9. The summed E-state index contributed by atoms with van der Waals surface area (Å²) in [6.07, 6.45) is 0. The second-order valence-corrected chi connectivity index (χ2v) is 17.4. The van der Waals surface area contributed by atoms with E-state index in [1.165, 1.54) is 0 Å². The van der Waals surface area contributed by atoms with E-state index in [0.717, 1.165) is 117 Å². The molecule has 9 aromatic carbocycles. The molecule has 0 bridgehead atoms. The summed E-state index contributed by atoms with van der Waals surface area (Å²) in [6, 6.07) is 93.4. The standard InChI is InChI=1S/C66H44N4/c1-7-19-45(20-8-1)55-39-58(48-23-11-3-12-24-48)65-59(40-55)64(53-35-31-47(32-36-53)57-43-61(50-27-15-5-16-28-50)67-62(44-57)51-29-17-6-18-30-51)69-66(70-65)54-37-33-52(34-38-54)63-42-56(46-21-9-2-10-22-46)41-60(68-63)49-25-13-4-14-26-49/h1-44H. The van der Waals surface area contributed by atoms with Crippen molar-refractivity contribution in [2.24, 2.45) is 0 Å². The molecule has 3 aromatic heterocycles. The number of nitrogens with zero attached hydrogens (tertiary/aromatic N) is 4. The zero-order valence-electron chi connectivity index (χ0n) is 38.2. The van der Waals surface area contributed by atoms with Gasteiger partial charge in [-0.2, -0.15) is 0 Å². The van der Waals surface area contributed by atoms with Crippen LogP contribution in [0, 0.1) is 0 Å². The summed E-state index contributed by atoms with van der Waals surface area (Å²) < 4.78 is 0. The molecule has 0 fully saturated rings. The van der Waals surface area contributed by atoms with Crippen LogP contribution in [-0.4, -0.2) is 19.9 Å². The Balaban J connectivity index is 1.01. The van der Waals surface area contributed by atoms with E-state index in [4.69, 9.17) is 19.9 Å². The molecule has 0 aliphatic heterocycles. The van der Waals surface area contributed by atoms with Gasteiger partial charge < -0.3 is 0 Å². The Morgan fingerprint density at radius 2 is 0.514 bits per heavy atom. The van der Waals surface area contributed by atoms with Crippen LogP contribution in [0.1, 0.15) is 0 Å². The van der Waals surface area contributed by atoms with Crippen molar-refractivity contribution >= 4 is 10.9 Å². The molecule has 0 spiro atoms. The molecule has 4 nitrogen and oxygen atoms in total. The van der Waals surface area contributed by atoms with Crippen LogP contribution in [0.3, 0.4) is 0 Å². The minimum Gasteiger partial charge on any atom is -0.248 e. The van der Waals surface area contributed by atoms with Crippen molar-refractivity contribution < 1.29 is 0 Å². The summed E-state index contributed by atoms with van der Waals surface area (Å²) >= 11 is 0. The van der Waals surface area contributed by atoms with Crippen LogP contribution < -0.4 is 0 Å². The molecule has 12 aromatic rings. The highest BCUT2D eigenvalue weighted by Crippen LogP contribution is 2.40. The van der Waals surface area contributed by atoms with Gasteiger partial charge in [0.05, 0.1) is 34.0 Å². The third-order valence-electron chi connectivity index (χ3n) is 12.9. The highest BCUT2D eigenvalue weighted by atomic mass is 14.9. The monoisotopic (exact) mass is 892 g/mol. The van der Waals surface area contributed by atoms with Crippen molar-refractivity contribution in [3.8, 4) is 112 Å². The Bertz CT molecular complexity index is 3640. The Labute approximate surface area is 408 Å². The SMILES string of the molecule is c1ccc(-c2cc(-c3ccccc3)nc(-c3ccc(-c4nc(-c5ccc(-c6cc(-c7ccccc7)nc(-c7ccccc7)c6)cc5)c5cc(-c6ccccc6)cc(-c6ccccc6)c5n4)cc3)c2)cc1. The van der Waals surface area contributed by atoms with Crippen LogP contribution in [0.5, 0.6) is 0 Å². The van der Waals surface area contributed by atoms with Gasteiger partial charge in [0.25, 0.3) is 0 Å². The van der Waals surface area contributed by atoms with E-state index < -0.39 is 0 Å². The number of pyridine rings is 2. The van der Waals surface area contributed by atoms with E-state index in [2.05, 4.69) is 243 Å². The lowest BCUT2D eigenvalue weighted by atomic mass is 9.93. The molecule has 0 N–H and O–H groups in total. The number of rotatable bonds is 10. The molecular weight excluding hydrogens is 849 g/mol. The second-order valence-electron chi connectivity index (χ2n) is 17.4. The molecule has 3 heterocycles. The van der Waals surface area contributed by atoms with Crippen molar-refractivity contribution in [2.45, 2.75) is 0 Å². The Hall–Kier alpha value is -9.38. The van der Waals surface area contributed by atoms with Crippen molar-refractivity contribution in [1.29, 1.82) is 0 Å². The highest BCUT2D eigenvalue weighted by molar-refractivity contribution is 6.04. The minimum atomic E-state index is 0.646. The first kappa shape index (κ1) is 42.0. The van der Waals surface area contributed by atoms with E-state index in [1.54, 1.807) is 0 Å². The van der Waals surface area contributed by atoms with Gasteiger partial charge in [0.15, 0.2) is 5.82 Å². The lowest BCUT2D eigenvalue weighted by Gasteiger charge is -2.16. The first-order valence-electron chi connectivity index (χ1n) is 23.6.